The molecule has 8 heteroatoms. The van der Waals surface area contributed by atoms with Crippen LogP contribution < -0.4 is 15.4 Å². The van der Waals surface area contributed by atoms with Crippen molar-refractivity contribution in [2.75, 3.05) is 12.4 Å². The maximum absolute atomic E-state index is 11.9. The summed E-state index contributed by atoms with van der Waals surface area (Å²) < 4.78 is 5.22. The van der Waals surface area contributed by atoms with Gasteiger partial charge in [0.05, 0.1) is 7.11 Å². The molecule has 0 radical (unpaired) electrons. The Morgan fingerprint density at radius 2 is 2.17 bits per heavy atom. The number of carbonyl (C=O) groups is 1. The van der Waals surface area contributed by atoms with Crippen LogP contribution in [0.15, 0.2) is 30.3 Å². The summed E-state index contributed by atoms with van der Waals surface area (Å²) in [7, 11) is 1.58. The van der Waals surface area contributed by atoms with Crippen LogP contribution in [0.25, 0.3) is 6.08 Å². The number of hydrogen-bond donors (Lipinski definition) is 2. The van der Waals surface area contributed by atoms with Gasteiger partial charge in [-0.2, -0.15) is 0 Å². The maximum atomic E-state index is 11.9. The fourth-order valence-corrected chi connectivity index (χ4v) is 2.64. The first-order chi connectivity index (χ1) is 11.1. The number of thiocarbonyl (C=S) groups is 1. The summed E-state index contributed by atoms with van der Waals surface area (Å²) >= 11 is 6.47. The van der Waals surface area contributed by atoms with E-state index in [1.165, 1.54) is 17.4 Å². The molecule has 0 spiro atoms. The number of aryl methyl sites for hydroxylation is 1. The highest BCUT2D eigenvalue weighted by atomic mass is 32.1. The number of ether oxygens (including phenoxy) is 1. The first-order valence-electron chi connectivity index (χ1n) is 6.87. The number of anilines is 1. The second-order valence-corrected chi connectivity index (χ2v) is 5.84. The number of amides is 1. The SMILES string of the molecule is CCc1nnc(NC(=S)NC(=O)/C=C/c2ccccc2OC)s1. The predicted octanol–water partition coefficient (Wildman–Crippen LogP) is 2.64. The lowest BCUT2D eigenvalue weighted by molar-refractivity contribution is -0.115. The Morgan fingerprint density at radius 1 is 1.39 bits per heavy atom. The number of para-hydroxylation sites is 1. The molecule has 0 atom stereocenters. The van der Waals surface area contributed by atoms with E-state index in [1.807, 2.05) is 31.2 Å². The van der Waals surface area contributed by atoms with Gasteiger partial charge < -0.3 is 10.1 Å². The van der Waals surface area contributed by atoms with E-state index >= 15 is 0 Å². The smallest absolute Gasteiger partial charge is 0.250 e. The van der Waals surface area contributed by atoms with E-state index in [-0.39, 0.29) is 11.0 Å². The van der Waals surface area contributed by atoms with Gasteiger partial charge in [0, 0.05) is 11.6 Å². The molecule has 1 heterocycles. The molecular weight excluding hydrogens is 332 g/mol. The number of aromatic nitrogens is 2. The Labute approximate surface area is 143 Å². The van der Waals surface area contributed by atoms with E-state index in [0.29, 0.717) is 10.9 Å². The number of benzene rings is 1. The Morgan fingerprint density at radius 3 is 2.87 bits per heavy atom. The summed E-state index contributed by atoms with van der Waals surface area (Å²) in [5, 5.41) is 14.9. The molecule has 1 aromatic heterocycles. The number of carbonyl (C=O) groups excluding carboxylic acids is 1. The van der Waals surface area contributed by atoms with Gasteiger partial charge in [0.15, 0.2) is 5.11 Å². The molecule has 2 N–H and O–H groups in total. The molecule has 0 bridgehead atoms. The van der Waals surface area contributed by atoms with Crippen LogP contribution in [-0.2, 0) is 11.2 Å². The van der Waals surface area contributed by atoms with Crippen LogP contribution >= 0.6 is 23.6 Å². The van der Waals surface area contributed by atoms with E-state index in [4.69, 9.17) is 17.0 Å². The lowest BCUT2D eigenvalue weighted by Crippen LogP contribution is -2.32. The summed E-state index contributed by atoms with van der Waals surface area (Å²) in [5.74, 6) is 0.354. The third kappa shape index (κ3) is 5.11. The van der Waals surface area contributed by atoms with E-state index in [9.17, 15) is 4.79 Å². The highest BCUT2D eigenvalue weighted by Gasteiger charge is 2.06. The van der Waals surface area contributed by atoms with Crippen LogP contribution in [0.5, 0.6) is 5.75 Å². The van der Waals surface area contributed by atoms with E-state index in [2.05, 4.69) is 20.8 Å². The van der Waals surface area contributed by atoms with E-state index in [1.54, 1.807) is 13.2 Å². The number of nitrogens with zero attached hydrogens (tertiary/aromatic N) is 2. The van der Waals surface area contributed by atoms with Gasteiger partial charge in [-0.1, -0.05) is 36.5 Å². The van der Waals surface area contributed by atoms with Crippen molar-refractivity contribution < 1.29 is 9.53 Å². The summed E-state index contributed by atoms with van der Waals surface area (Å²) in [6.07, 6.45) is 3.86. The van der Waals surface area contributed by atoms with Gasteiger partial charge in [-0.3, -0.25) is 10.1 Å². The molecule has 1 aromatic carbocycles. The molecule has 0 saturated carbocycles. The quantitative estimate of drug-likeness (QED) is 0.639. The Bertz CT molecular complexity index is 728. The number of methoxy groups -OCH3 is 1. The summed E-state index contributed by atoms with van der Waals surface area (Å²) in [5.41, 5.74) is 0.806. The van der Waals surface area contributed by atoms with Crippen molar-refractivity contribution in [2.45, 2.75) is 13.3 Å². The fraction of sp³-hybridized carbons (Fsp3) is 0.200. The molecular formula is C15H16N4O2S2. The van der Waals surface area contributed by atoms with Crippen LogP contribution in [-0.4, -0.2) is 28.3 Å². The van der Waals surface area contributed by atoms with E-state index < -0.39 is 0 Å². The molecule has 0 aliphatic rings. The zero-order valence-corrected chi connectivity index (χ0v) is 14.3. The van der Waals surface area contributed by atoms with Gasteiger partial charge in [-0.25, -0.2) is 0 Å². The van der Waals surface area contributed by atoms with Crippen molar-refractivity contribution >= 4 is 45.8 Å². The number of hydrogen-bond acceptors (Lipinski definition) is 6. The summed E-state index contributed by atoms with van der Waals surface area (Å²) in [6, 6.07) is 7.41. The lowest BCUT2D eigenvalue weighted by Gasteiger charge is -2.05. The third-order valence-electron chi connectivity index (χ3n) is 2.78. The molecule has 2 rings (SSSR count). The summed E-state index contributed by atoms with van der Waals surface area (Å²) in [4.78, 5) is 11.9. The van der Waals surface area contributed by atoms with Crippen molar-refractivity contribution in [3.05, 3.63) is 40.9 Å². The zero-order chi connectivity index (χ0) is 16.7. The van der Waals surface area contributed by atoms with Gasteiger partial charge in [0.25, 0.3) is 0 Å². The van der Waals surface area contributed by atoms with Gasteiger partial charge in [0.1, 0.15) is 10.8 Å². The zero-order valence-electron chi connectivity index (χ0n) is 12.7. The Hall–Kier alpha value is -2.32. The maximum Gasteiger partial charge on any atom is 0.250 e. The highest BCUT2D eigenvalue weighted by molar-refractivity contribution is 7.80. The van der Waals surface area contributed by atoms with Gasteiger partial charge in [-0.15, -0.1) is 10.2 Å². The minimum atomic E-state index is -0.339. The Balaban J connectivity index is 1.91. The second-order valence-electron chi connectivity index (χ2n) is 4.37. The van der Waals surface area contributed by atoms with Crippen molar-refractivity contribution in [1.82, 2.24) is 15.5 Å². The Kier molecular flexibility index (Phi) is 6.19. The second kappa shape index (κ2) is 8.35. The van der Waals surface area contributed by atoms with Gasteiger partial charge in [-0.05, 0) is 30.8 Å². The van der Waals surface area contributed by atoms with Gasteiger partial charge in [0.2, 0.25) is 11.0 Å². The van der Waals surface area contributed by atoms with Crippen molar-refractivity contribution in [1.29, 1.82) is 0 Å². The predicted molar refractivity (Wildman–Crippen MR) is 95.7 cm³/mol. The van der Waals surface area contributed by atoms with Crippen molar-refractivity contribution in [3.63, 3.8) is 0 Å². The highest BCUT2D eigenvalue weighted by Crippen LogP contribution is 2.18. The molecule has 0 unspecified atom stereocenters. The minimum Gasteiger partial charge on any atom is -0.496 e. The first kappa shape index (κ1) is 17.0. The molecule has 0 aliphatic heterocycles. The third-order valence-corrected chi connectivity index (χ3v) is 3.97. The van der Waals surface area contributed by atoms with Gasteiger partial charge >= 0.3 is 0 Å². The molecule has 23 heavy (non-hydrogen) atoms. The molecule has 0 fully saturated rings. The van der Waals surface area contributed by atoms with Crippen LogP contribution in [0.3, 0.4) is 0 Å². The average molecular weight is 348 g/mol. The largest absolute Gasteiger partial charge is 0.496 e. The van der Waals surface area contributed by atoms with Crippen molar-refractivity contribution in [2.24, 2.45) is 0 Å². The number of rotatable bonds is 5. The fourth-order valence-electron chi connectivity index (χ4n) is 1.70. The average Bonchev–Trinajstić information content (AvgIpc) is 3.00. The van der Waals surface area contributed by atoms with E-state index in [0.717, 1.165) is 17.0 Å². The summed E-state index contributed by atoms with van der Waals surface area (Å²) in [6.45, 7) is 1.99. The molecule has 0 saturated heterocycles. The topological polar surface area (TPSA) is 76.1 Å². The van der Waals surface area contributed by atoms with Crippen LogP contribution in [0.2, 0.25) is 0 Å². The van der Waals surface area contributed by atoms with Crippen molar-refractivity contribution in [3.8, 4) is 5.75 Å². The molecule has 6 nitrogen and oxygen atoms in total. The monoisotopic (exact) mass is 348 g/mol. The first-order valence-corrected chi connectivity index (χ1v) is 8.10. The number of nitrogens with one attached hydrogen (secondary N) is 2. The minimum absolute atomic E-state index is 0.179. The molecule has 0 aliphatic carbocycles. The molecule has 2 aromatic rings. The standard InChI is InChI=1S/C15H16N4O2S2/c1-3-13-18-19-15(23-13)17-14(22)16-12(20)9-8-10-6-4-5-7-11(10)21-2/h4-9H,3H2,1-2H3,(H2,16,17,19,20,22)/b9-8+. The normalized spacial score (nSPS) is 10.5. The molecule has 120 valence electrons. The lowest BCUT2D eigenvalue weighted by atomic mass is 10.2. The van der Waals surface area contributed by atoms with Crippen LogP contribution in [0.1, 0.15) is 17.5 Å². The van der Waals surface area contributed by atoms with Crippen LogP contribution in [0, 0.1) is 0 Å². The van der Waals surface area contributed by atoms with Crippen LogP contribution in [0.4, 0.5) is 5.13 Å². The molecule has 1 amide bonds.